The van der Waals surface area contributed by atoms with Crippen LogP contribution in [0.5, 0.6) is 0 Å². The van der Waals surface area contributed by atoms with Crippen LogP contribution in [0.4, 0.5) is 10.5 Å². The Hall–Kier alpha value is -2.08. The molecule has 2 amide bonds. The molecule has 1 unspecified atom stereocenters. The lowest BCUT2D eigenvalue weighted by atomic mass is 10.1. The van der Waals surface area contributed by atoms with Crippen molar-refractivity contribution in [2.45, 2.75) is 18.9 Å². The van der Waals surface area contributed by atoms with Gasteiger partial charge in [0, 0.05) is 31.4 Å². The Morgan fingerprint density at radius 2 is 2.10 bits per heavy atom. The van der Waals surface area contributed by atoms with E-state index in [9.17, 15) is 9.59 Å². The molecule has 0 spiro atoms. The van der Waals surface area contributed by atoms with Gasteiger partial charge in [0.05, 0.1) is 5.56 Å². The Labute approximate surface area is 116 Å². The van der Waals surface area contributed by atoms with E-state index >= 15 is 0 Å². The Balaban J connectivity index is 1.86. The molecule has 20 heavy (non-hydrogen) atoms. The van der Waals surface area contributed by atoms with E-state index in [4.69, 9.17) is 10.8 Å². The molecule has 0 bridgehead atoms. The summed E-state index contributed by atoms with van der Waals surface area (Å²) >= 11 is 0. The van der Waals surface area contributed by atoms with E-state index in [0.717, 1.165) is 24.1 Å². The SMILES string of the molecule is NC1CCN(C(=O)N2CCc3ccc(C(=O)O)cc32)C1. The number of benzene rings is 1. The molecule has 0 aromatic heterocycles. The van der Waals surface area contributed by atoms with E-state index in [-0.39, 0.29) is 17.6 Å². The fourth-order valence-corrected chi connectivity index (χ4v) is 2.84. The van der Waals surface area contributed by atoms with Crippen LogP contribution in [0.15, 0.2) is 18.2 Å². The average Bonchev–Trinajstić information content (AvgIpc) is 3.03. The van der Waals surface area contributed by atoms with Crippen molar-refractivity contribution in [3.05, 3.63) is 29.3 Å². The number of aromatic carboxylic acids is 1. The van der Waals surface area contributed by atoms with Crippen molar-refractivity contribution in [3.8, 4) is 0 Å². The van der Waals surface area contributed by atoms with Gasteiger partial charge in [0.1, 0.15) is 0 Å². The van der Waals surface area contributed by atoms with Crippen molar-refractivity contribution < 1.29 is 14.7 Å². The van der Waals surface area contributed by atoms with Crippen LogP contribution in [0.3, 0.4) is 0 Å². The molecule has 1 saturated heterocycles. The van der Waals surface area contributed by atoms with Crippen molar-refractivity contribution in [1.82, 2.24) is 4.90 Å². The van der Waals surface area contributed by atoms with Crippen LogP contribution >= 0.6 is 0 Å². The summed E-state index contributed by atoms with van der Waals surface area (Å²) in [6, 6.07) is 4.94. The maximum Gasteiger partial charge on any atom is 0.335 e. The smallest absolute Gasteiger partial charge is 0.335 e. The average molecular weight is 275 g/mol. The van der Waals surface area contributed by atoms with Crippen molar-refractivity contribution >= 4 is 17.7 Å². The number of anilines is 1. The number of likely N-dealkylation sites (tertiary alicyclic amines) is 1. The zero-order valence-corrected chi connectivity index (χ0v) is 11.1. The third-order valence-electron chi connectivity index (χ3n) is 3.95. The number of nitrogens with zero attached hydrogens (tertiary/aromatic N) is 2. The summed E-state index contributed by atoms with van der Waals surface area (Å²) < 4.78 is 0. The van der Waals surface area contributed by atoms with Gasteiger partial charge in [-0.1, -0.05) is 6.07 Å². The molecular formula is C14H17N3O3. The fraction of sp³-hybridized carbons (Fsp3) is 0.429. The highest BCUT2D eigenvalue weighted by molar-refractivity contribution is 5.97. The molecule has 0 saturated carbocycles. The van der Waals surface area contributed by atoms with Gasteiger partial charge >= 0.3 is 12.0 Å². The van der Waals surface area contributed by atoms with Gasteiger partial charge in [-0.3, -0.25) is 4.90 Å². The van der Waals surface area contributed by atoms with Gasteiger partial charge in [-0.05, 0) is 30.5 Å². The van der Waals surface area contributed by atoms with E-state index in [0.29, 0.717) is 19.6 Å². The monoisotopic (exact) mass is 275 g/mol. The maximum absolute atomic E-state index is 12.5. The van der Waals surface area contributed by atoms with E-state index in [1.807, 2.05) is 0 Å². The highest BCUT2D eigenvalue weighted by atomic mass is 16.4. The predicted molar refractivity (Wildman–Crippen MR) is 74.0 cm³/mol. The van der Waals surface area contributed by atoms with Gasteiger partial charge in [-0.25, -0.2) is 9.59 Å². The number of carboxylic acid groups (broad SMARTS) is 1. The number of carboxylic acids is 1. The number of nitrogens with two attached hydrogens (primary N) is 1. The number of carbonyl (C=O) groups excluding carboxylic acids is 1. The fourth-order valence-electron chi connectivity index (χ4n) is 2.84. The van der Waals surface area contributed by atoms with E-state index < -0.39 is 5.97 Å². The molecule has 2 aliphatic rings. The third kappa shape index (κ3) is 2.12. The summed E-state index contributed by atoms with van der Waals surface area (Å²) in [5, 5.41) is 9.06. The lowest BCUT2D eigenvalue weighted by Gasteiger charge is -2.24. The largest absolute Gasteiger partial charge is 0.478 e. The summed E-state index contributed by atoms with van der Waals surface area (Å²) in [6.45, 7) is 1.84. The summed E-state index contributed by atoms with van der Waals surface area (Å²) in [6.07, 6.45) is 1.59. The van der Waals surface area contributed by atoms with Crippen LogP contribution in [-0.4, -0.2) is 47.7 Å². The van der Waals surface area contributed by atoms with Crippen LogP contribution < -0.4 is 10.6 Å². The molecule has 0 radical (unpaired) electrons. The molecule has 6 nitrogen and oxygen atoms in total. The molecular weight excluding hydrogens is 258 g/mol. The van der Waals surface area contributed by atoms with Crippen molar-refractivity contribution in [3.63, 3.8) is 0 Å². The minimum atomic E-state index is -0.977. The van der Waals surface area contributed by atoms with E-state index in [1.54, 1.807) is 28.0 Å². The molecule has 1 atom stereocenters. The lowest BCUT2D eigenvalue weighted by molar-refractivity contribution is 0.0697. The lowest BCUT2D eigenvalue weighted by Crippen LogP contribution is -2.42. The predicted octanol–water partition coefficient (Wildman–Crippen LogP) is 0.900. The van der Waals surface area contributed by atoms with Gasteiger partial charge in [0.25, 0.3) is 0 Å². The number of rotatable bonds is 1. The Bertz CT molecular complexity index is 573. The van der Waals surface area contributed by atoms with Crippen molar-refractivity contribution in [2.75, 3.05) is 24.5 Å². The first-order valence-corrected chi connectivity index (χ1v) is 6.74. The van der Waals surface area contributed by atoms with Crippen molar-refractivity contribution in [1.29, 1.82) is 0 Å². The third-order valence-corrected chi connectivity index (χ3v) is 3.95. The quantitative estimate of drug-likeness (QED) is 0.797. The van der Waals surface area contributed by atoms with Gasteiger partial charge in [0.2, 0.25) is 0 Å². The Morgan fingerprint density at radius 3 is 2.75 bits per heavy atom. The number of amides is 2. The van der Waals surface area contributed by atoms with Gasteiger partial charge < -0.3 is 15.7 Å². The maximum atomic E-state index is 12.5. The molecule has 2 heterocycles. The Morgan fingerprint density at radius 1 is 1.30 bits per heavy atom. The highest BCUT2D eigenvalue weighted by Gasteiger charge is 2.32. The molecule has 3 rings (SSSR count). The van der Waals surface area contributed by atoms with Gasteiger partial charge in [-0.15, -0.1) is 0 Å². The number of hydrogen-bond donors (Lipinski definition) is 2. The highest BCUT2D eigenvalue weighted by Crippen LogP contribution is 2.30. The van der Waals surface area contributed by atoms with Crippen LogP contribution in [0, 0.1) is 0 Å². The summed E-state index contributed by atoms with van der Waals surface area (Å²) in [5.41, 5.74) is 7.78. The molecule has 3 N–H and O–H groups in total. The standard InChI is InChI=1S/C14H17N3O3/c15-11-4-5-16(8-11)14(20)17-6-3-9-1-2-10(13(18)19)7-12(9)17/h1-2,7,11H,3-6,8,15H2,(H,18,19). The van der Waals surface area contributed by atoms with Crippen LogP contribution in [0.1, 0.15) is 22.3 Å². The molecule has 1 aromatic rings. The van der Waals surface area contributed by atoms with Gasteiger partial charge in [0.15, 0.2) is 0 Å². The second-order valence-electron chi connectivity index (χ2n) is 5.33. The normalized spacial score (nSPS) is 21.1. The van der Waals surface area contributed by atoms with E-state index in [2.05, 4.69) is 0 Å². The second-order valence-corrected chi connectivity index (χ2v) is 5.33. The zero-order chi connectivity index (χ0) is 14.3. The minimum absolute atomic E-state index is 0.0476. The van der Waals surface area contributed by atoms with Crippen LogP contribution in [0.2, 0.25) is 0 Å². The summed E-state index contributed by atoms with van der Waals surface area (Å²) in [4.78, 5) is 26.9. The minimum Gasteiger partial charge on any atom is -0.478 e. The first-order chi connectivity index (χ1) is 9.56. The van der Waals surface area contributed by atoms with Crippen molar-refractivity contribution in [2.24, 2.45) is 5.73 Å². The first kappa shape index (κ1) is 12.9. The second kappa shape index (κ2) is 4.79. The van der Waals surface area contributed by atoms with Crippen LogP contribution in [-0.2, 0) is 6.42 Å². The van der Waals surface area contributed by atoms with Crippen LogP contribution in [0.25, 0.3) is 0 Å². The molecule has 1 fully saturated rings. The summed E-state index contributed by atoms with van der Waals surface area (Å²) in [5.74, 6) is -0.977. The number of urea groups is 1. The summed E-state index contributed by atoms with van der Waals surface area (Å²) in [7, 11) is 0. The van der Waals surface area contributed by atoms with E-state index in [1.165, 1.54) is 0 Å². The molecule has 106 valence electrons. The molecule has 1 aromatic carbocycles. The molecule has 6 heteroatoms. The number of hydrogen-bond acceptors (Lipinski definition) is 3. The first-order valence-electron chi connectivity index (χ1n) is 6.74. The zero-order valence-electron chi connectivity index (χ0n) is 11.1. The molecule has 0 aliphatic carbocycles. The topological polar surface area (TPSA) is 86.9 Å². The molecule has 2 aliphatic heterocycles. The number of carbonyl (C=O) groups is 2. The Kier molecular flexibility index (Phi) is 3.10. The number of fused-ring (bicyclic) bond motifs is 1. The van der Waals surface area contributed by atoms with Gasteiger partial charge in [-0.2, -0.15) is 0 Å².